The highest BCUT2D eigenvalue weighted by molar-refractivity contribution is 5.69. The molecule has 0 aromatic carbocycles. The Kier molecular flexibility index (Phi) is 2.73. The molecule has 0 saturated carbocycles. The van der Waals surface area contributed by atoms with Gasteiger partial charge >= 0.3 is 6.09 Å². The van der Waals surface area contributed by atoms with Gasteiger partial charge in [0, 0.05) is 7.05 Å². The largest absolute Gasteiger partial charge is 0.444 e. The molecule has 2 heterocycles. The molecule has 1 aromatic rings. The lowest BCUT2D eigenvalue weighted by atomic mass is 10.2. The summed E-state index contributed by atoms with van der Waals surface area (Å²) in [6.45, 7) is 6.43. The van der Waals surface area contributed by atoms with E-state index in [1.807, 2.05) is 20.8 Å². The molecule has 6 heteroatoms. The Bertz CT molecular complexity index is 434. The number of fused-ring (bicyclic) bond motifs is 1. The molecular formula is C11H17N3O3. The van der Waals surface area contributed by atoms with Crippen LogP contribution in [0.15, 0.2) is 4.52 Å². The van der Waals surface area contributed by atoms with E-state index in [0.29, 0.717) is 18.9 Å². The van der Waals surface area contributed by atoms with E-state index in [0.717, 1.165) is 11.3 Å². The lowest BCUT2D eigenvalue weighted by Crippen LogP contribution is -2.33. The Morgan fingerprint density at radius 3 is 2.76 bits per heavy atom. The van der Waals surface area contributed by atoms with E-state index in [1.165, 1.54) is 0 Å². The molecule has 1 amide bonds. The van der Waals surface area contributed by atoms with E-state index in [-0.39, 0.29) is 6.09 Å². The van der Waals surface area contributed by atoms with E-state index in [9.17, 15) is 4.79 Å². The summed E-state index contributed by atoms with van der Waals surface area (Å²) >= 11 is 0. The van der Waals surface area contributed by atoms with Crippen molar-refractivity contribution in [2.75, 3.05) is 12.4 Å². The molecule has 1 aliphatic heterocycles. The fraction of sp³-hybridized carbons (Fsp3) is 0.636. The van der Waals surface area contributed by atoms with Crippen LogP contribution in [0.5, 0.6) is 0 Å². The lowest BCUT2D eigenvalue weighted by molar-refractivity contribution is 0.0231. The van der Waals surface area contributed by atoms with Crippen LogP contribution in [0.2, 0.25) is 0 Å². The second-order valence-electron chi connectivity index (χ2n) is 5.02. The maximum absolute atomic E-state index is 11.8. The minimum atomic E-state index is -0.481. The third-order valence-electron chi connectivity index (χ3n) is 2.44. The van der Waals surface area contributed by atoms with Crippen molar-refractivity contribution in [1.82, 2.24) is 10.1 Å². The third-order valence-corrected chi connectivity index (χ3v) is 2.44. The number of aromatic nitrogens is 1. The summed E-state index contributed by atoms with van der Waals surface area (Å²) in [4.78, 5) is 13.4. The Morgan fingerprint density at radius 1 is 1.47 bits per heavy atom. The number of hydrogen-bond donors (Lipinski definition) is 1. The third kappa shape index (κ3) is 2.35. The highest BCUT2D eigenvalue weighted by atomic mass is 16.6. The monoisotopic (exact) mass is 239 g/mol. The van der Waals surface area contributed by atoms with Crippen molar-refractivity contribution in [3.8, 4) is 0 Å². The van der Waals surface area contributed by atoms with Crippen LogP contribution in [0.1, 0.15) is 32.1 Å². The fourth-order valence-corrected chi connectivity index (χ4v) is 1.70. The topological polar surface area (TPSA) is 67.6 Å². The lowest BCUT2D eigenvalue weighted by Gasteiger charge is -2.23. The molecule has 0 fully saturated rings. The van der Waals surface area contributed by atoms with Crippen molar-refractivity contribution in [2.45, 2.75) is 39.5 Å². The Hall–Kier alpha value is -1.72. The second kappa shape index (κ2) is 3.94. The number of carbonyl (C=O) groups is 1. The molecule has 17 heavy (non-hydrogen) atoms. The average molecular weight is 239 g/mol. The van der Waals surface area contributed by atoms with Gasteiger partial charge in [-0.2, -0.15) is 0 Å². The highest BCUT2D eigenvalue weighted by Crippen LogP contribution is 2.29. The van der Waals surface area contributed by atoms with Crippen LogP contribution in [0.3, 0.4) is 0 Å². The van der Waals surface area contributed by atoms with Crippen molar-refractivity contribution in [3.63, 3.8) is 0 Å². The van der Waals surface area contributed by atoms with Gasteiger partial charge in [0.05, 0.1) is 18.7 Å². The number of ether oxygens (including phenoxy) is 1. The molecule has 0 unspecified atom stereocenters. The number of nitrogens with one attached hydrogen (secondary N) is 1. The minimum Gasteiger partial charge on any atom is -0.444 e. The van der Waals surface area contributed by atoms with Crippen LogP contribution >= 0.6 is 0 Å². The van der Waals surface area contributed by atoms with Gasteiger partial charge < -0.3 is 14.6 Å². The SMILES string of the molecule is CNc1noc2c1CN(C(=O)OC(C)(C)C)C2. The second-order valence-corrected chi connectivity index (χ2v) is 5.02. The molecule has 94 valence electrons. The standard InChI is InChI=1S/C11H17N3O3/c1-11(2,3)16-10(15)14-5-7-8(6-14)17-13-9(7)12-4/h5-6H2,1-4H3,(H,12,13). The van der Waals surface area contributed by atoms with Crippen LogP contribution in [0.25, 0.3) is 0 Å². The minimum absolute atomic E-state index is 0.328. The molecule has 1 aliphatic rings. The summed E-state index contributed by atoms with van der Waals surface area (Å²) in [6.07, 6.45) is -0.328. The number of rotatable bonds is 1. The number of nitrogens with zero attached hydrogens (tertiary/aromatic N) is 2. The molecular weight excluding hydrogens is 222 g/mol. The summed E-state index contributed by atoms with van der Waals surface area (Å²) in [7, 11) is 1.77. The summed E-state index contributed by atoms with van der Waals surface area (Å²) in [5.41, 5.74) is 0.448. The van der Waals surface area contributed by atoms with Gasteiger partial charge in [-0.25, -0.2) is 4.79 Å². The van der Waals surface area contributed by atoms with Gasteiger partial charge in [-0.3, -0.25) is 4.90 Å². The zero-order valence-electron chi connectivity index (χ0n) is 10.5. The van der Waals surface area contributed by atoms with E-state index in [1.54, 1.807) is 11.9 Å². The predicted octanol–water partition coefficient (Wildman–Crippen LogP) is 1.97. The molecule has 0 bridgehead atoms. The first-order valence-electron chi connectivity index (χ1n) is 5.54. The number of amides is 1. The average Bonchev–Trinajstić information content (AvgIpc) is 2.72. The first-order chi connectivity index (χ1) is 7.90. The fourth-order valence-electron chi connectivity index (χ4n) is 1.70. The van der Waals surface area contributed by atoms with Crippen LogP contribution in [-0.4, -0.2) is 28.8 Å². The molecule has 0 aliphatic carbocycles. The molecule has 0 atom stereocenters. The van der Waals surface area contributed by atoms with E-state index in [2.05, 4.69) is 10.5 Å². The Labute approximate surface area is 99.9 Å². The summed E-state index contributed by atoms with van der Waals surface area (Å²) in [6, 6.07) is 0. The van der Waals surface area contributed by atoms with Gasteiger partial charge in [0.25, 0.3) is 0 Å². The first-order valence-corrected chi connectivity index (χ1v) is 5.54. The van der Waals surface area contributed by atoms with Gasteiger partial charge in [-0.05, 0) is 20.8 Å². The van der Waals surface area contributed by atoms with Gasteiger partial charge in [0.2, 0.25) is 0 Å². The molecule has 2 rings (SSSR count). The molecule has 0 saturated heterocycles. The predicted molar refractivity (Wildman–Crippen MR) is 61.5 cm³/mol. The molecule has 0 spiro atoms. The van der Waals surface area contributed by atoms with Crippen LogP contribution < -0.4 is 5.32 Å². The first kappa shape index (κ1) is 11.8. The molecule has 1 aromatic heterocycles. The number of anilines is 1. The van der Waals surface area contributed by atoms with E-state index >= 15 is 0 Å². The van der Waals surface area contributed by atoms with Gasteiger partial charge in [0.1, 0.15) is 5.60 Å². The smallest absolute Gasteiger partial charge is 0.411 e. The van der Waals surface area contributed by atoms with Gasteiger partial charge in [0.15, 0.2) is 11.6 Å². The summed E-state index contributed by atoms with van der Waals surface area (Å²) < 4.78 is 10.4. The molecule has 0 radical (unpaired) electrons. The van der Waals surface area contributed by atoms with Crippen molar-refractivity contribution in [2.24, 2.45) is 0 Å². The Morgan fingerprint density at radius 2 is 2.18 bits per heavy atom. The summed E-state index contributed by atoms with van der Waals surface area (Å²) in [5.74, 6) is 1.41. The van der Waals surface area contributed by atoms with Crippen LogP contribution in [-0.2, 0) is 17.8 Å². The highest BCUT2D eigenvalue weighted by Gasteiger charge is 2.32. The number of carbonyl (C=O) groups excluding carboxylic acids is 1. The normalized spacial score (nSPS) is 14.7. The Balaban J connectivity index is 2.05. The maximum atomic E-state index is 11.8. The van der Waals surface area contributed by atoms with Crippen LogP contribution in [0, 0.1) is 0 Å². The molecule has 6 nitrogen and oxygen atoms in total. The zero-order chi connectivity index (χ0) is 12.6. The van der Waals surface area contributed by atoms with Gasteiger partial charge in [-0.15, -0.1) is 0 Å². The maximum Gasteiger partial charge on any atom is 0.411 e. The zero-order valence-corrected chi connectivity index (χ0v) is 10.5. The van der Waals surface area contributed by atoms with Crippen molar-refractivity contribution in [1.29, 1.82) is 0 Å². The van der Waals surface area contributed by atoms with Crippen molar-refractivity contribution in [3.05, 3.63) is 11.3 Å². The van der Waals surface area contributed by atoms with Crippen molar-refractivity contribution >= 4 is 11.9 Å². The number of hydrogen-bond acceptors (Lipinski definition) is 5. The van der Waals surface area contributed by atoms with Crippen LogP contribution in [0.4, 0.5) is 10.6 Å². The summed E-state index contributed by atoms with van der Waals surface area (Å²) in [5, 5.41) is 6.79. The molecule has 1 N–H and O–H groups in total. The van der Waals surface area contributed by atoms with E-state index in [4.69, 9.17) is 9.26 Å². The van der Waals surface area contributed by atoms with Crippen molar-refractivity contribution < 1.29 is 14.1 Å². The van der Waals surface area contributed by atoms with Gasteiger partial charge in [-0.1, -0.05) is 5.16 Å². The quantitative estimate of drug-likeness (QED) is 0.811. The van der Waals surface area contributed by atoms with E-state index < -0.39 is 5.60 Å².